The summed E-state index contributed by atoms with van der Waals surface area (Å²) in [5, 5.41) is 3.12. The molecule has 5 nitrogen and oxygen atoms in total. The fourth-order valence-electron chi connectivity index (χ4n) is 2.65. The molecule has 0 spiro atoms. The summed E-state index contributed by atoms with van der Waals surface area (Å²) < 4.78 is 1.93. The largest absolute Gasteiger partial charge is 0.345 e. The Labute approximate surface area is 141 Å². The number of hydrogen-bond acceptors (Lipinski definition) is 3. The van der Waals surface area contributed by atoms with Crippen LogP contribution in [-0.4, -0.2) is 20.4 Å². The van der Waals surface area contributed by atoms with Gasteiger partial charge in [0, 0.05) is 37.8 Å². The minimum absolute atomic E-state index is 0.00825. The summed E-state index contributed by atoms with van der Waals surface area (Å²) in [7, 11) is 1.93. The molecular formula is C19H20N4O. The zero-order chi connectivity index (χ0) is 16.8. The molecule has 0 aliphatic rings. The number of carbonyl (C=O) groups excluding carboxylic acids is 1. The second kappa shape index (κ2) is 7.55. The number of imidazole rings is 1. The lowest BCUT2D eigenvalue weighted by Crippen LogP contribution is -2.29. The van der Waals surface area contributed by atoms with Gasteiger partial charge in [0.2, 0.25) is 5.91 Å². The summed E-state index contributed by atoms with van der Waals surface area (Å²) in [5.74, 6) is 0.00825. The van der Waals surface area contributed by atoms with Gasteiger partial charge in [-0.25, -0.2) is 4.98 Å². The second-order valence-corrected chi connectivity index (χ2v) is 5.69. The third-order valence-electron chi connectivity index (χ3n) is 3.98. The molecule has 3 rings (SSSR count). The van der Waals surface area contributed by atoms with Crippen molar-refractivity contribution in [1.82, 2.24) is 19.9 Å². The highest BCUT2D eigenvalue weighted by molar-refractivity contribution is 5.77. The fourth-order valence-corrected chi connectivity index (χ4v) is 2.65. The predicted molar refractivity (Wildman–Crippen MR) is 92.2 cm³/mol. The first-order valence-corrected chi connectivity index (χ1v) is 7.93. The van der Waals surface area contributed by atoms with E-state index in [-0.39, 0.29) is 11.9 Å². The van der Waals surface area contributed by atoms with E-state index in [9.17, 15) is 4.79 Å². The van der Waals surface area contributed by atoms with Gasteiger partial charge in [-0.1, -0.05) is 36.4 Å². The van der Waals surface area contributed by atoms with Crippen molar-refractivity contribution in [2.75, 3.05) is 0 Å². The number of rotatable bonds is 6. The zero-order valence-corrected chi connectivity index (χ0v) is 13.6. The van der Waals surface area contributed by atoms with Gasteiger partial charge >= 0.3 is 0 Å². The maximum atomic E-state index is 12.4. The van der Waals surface area contributed by atoms with E-state index < -0.39 is 0 Å². The maximum Gasteiger partial charge on any atom is 0.221 e. The van der Waals surface area contributed by atoms with Crippen LogP contribution in [0.1, 0.15) is 29.3 Å². The van der Waals surface area contributed by atoms with Gasteiger partial charge in [0.05, 0.1) is 12.4 Å². The summed E-state index contributed by atoms with van der Waals surface area (Å²) in [6.07, 6.45) is 8.15. The molecule has 2 aromatic heterocycles. The number of pyridine rings is 1. The molecule has 1 atom stereocenters. The Morgan fingerprint density at radius 3 is 2.54 bits per heavy atom. The van der Waals surface area contributed by atoms with Gasteiger partial charge in [-0.2, -0.15) is 0 Å². The van der Waals surface area contributed by atoms with Crippen LogP contribution in [0.25, 0.3) is 0 Å². The van der Waals surface area contributed by atoms with Gasteiger partial charge in [0.25, 0.3) is 0 Å². The molecule has 0 aliphatic heterocycles. The van der Waals surface area contributed by atoms with Crippen molar-refractivity contribution in [3.63, 3.8) is 0 Å². The predicted octanol–water partition coefficient (Wildman–Crippen LogP) is 2.65. The smallest absolute Gasteiger partial charge is 0.221 e. The minimum Gasteiger partial charge on any atom is -0.345 e. The van der Waals surface area contributed by atoms with Gasteiger partial charge in [-0.05, 0) is 23.6 Å². The molecule has 0 fully saturated rings. The molecule has 5 heteroatoms. The monoisotopic (exact) mass is 320 g/mol. The summed E-state index contributed by atoms with van der Waals surface area (Å²) >= 11 is 0. The van der Waals surface area contributed by atoms with E-state index in [1.54, 1.807) is 24.9 Å². The Hall–Kier alpha value is -2.95. The first-order chi connectivity index (χ1) is 11.7. The number of nitrogens with one attached hydrogen (secondary N) is 1. The van der Waals surface area contributed by atoms with Crippen molar-refractivity contribution < 1.29 is 4.79 Å². The highest BCUT2D eigenvalue weighted by atomic mass is 16.1. The highest BCUT2D eigenvalue weighted by Crippen LogP contribution is 2.21. The Morgan fingerprint density at radius 1 is 1.08 bits per heavy atom. The van der Waals surface area contributed by atoms with Crippen LogP contribution < -0.4 is 5.32 Å². The summed E-state index contributed by atoms with van der Waals surface area (Å²) in [4.78, 5) is 20.7. The summed E-state index contributed by atoms with van der Waals surface area (Å²) in [6, 6.07) is 13.6. The molecule has 0 saturated carbocycles. The van der Waals surface area contributed by atoms with E-state index in [2.05, 4.69) is 15.3 Å². The van der Waals surface area contributed by atoms with E-state index in [0.717, 1.165) is 16.8 Å². The molecule has 0 bridgehead atoms. The molecular weight excluding hydrogens is 300 g/mol. The van der Waals surface area contributed by atoms with Crippen molar-refractivity contribution in [3.05, 3.63) is 84.2 Å². The maximum absolute atomic E-state index is 12.4. The number of aromatic nitrogens is 3. The van der Waals surface area contributed by atoms with Crippen LogP contribution in [0.15, 0.2) is 67.4 Å². The molecule has 0 radical (unpaired) electrons. The Bertz CT molecular complexity index is 744. The number of benzene rings is 1. The van der Waals surface area contributed by atoms with Crippen molar-refractivity contribution in [2.24, 2.45) is 7.05 Å². The van der Waals surface area contributed by atoms with Crippen molar-refractivity contribution in [3.8, 4) is 0 Å². The van der Waals surface area contributed by atoms with Crippen LogP contribution in [-0.2, 0) is 18.3 Å². The molecule has 1 amide bonds. The van der Waals surface area contributed by atoms with Gasteiger partial charge < -0.3 is 9.88 Å². The Balaban J connectivity index is 1.72. The van der Waals surface area contributed by atoms with Crippen molar-refractivity contribution in [1.29, 1.82) is 0 Å². The minimum atomic E-state index is -0.195. The SMILES string of the molecule is Cn1cncc1CCC(=O)N[C@H](c1ccccc1)c1cccnc1. The number of carbonyl (C=O) groups is 1. The first-order valence-electron chi connectivity index (χ1n) is 7.93. The first kappa shape index (κ1) is 15.9. The van der Waals surface area contributed by atoms with Crippen molar-refractivity contribution in [2.45, 2.75) is 18.9 Å². The molecule has 3 aromatic rings. The third kappa shape index (κ3) is 3.87. The standard InChI is InChI=1S/C19H20N4O/c1-23-14-21-13-17(23)9-10-18(24)22-19(15-6-3-2-4-7-15)16-8-5-11-20-12-16/h2-8,11-14,19H,9-10H2,1H3,(H,22,24)/t19-/m1/s1. The average molecular weight is 320 g/mol. The fraction of sp³-hybridized carbons (Fsp3) is 0.211. The zero-order valence-electron chi connectivity index (χ0n) is 13.6. The topological polar surface area (TPSA) is 59.8 Å². The van der Waals surface area contributed by atoms with E-state index in [1.165, 1.54) is 0 Å². The van der Waals surface area contributed by atoms with Gasteiger partial charge in [-0.3, -0.25) is 9.78 Å². The molecule has 122 valence electrons. The van der Waals surface area contributed by atoms with Gasteiger partial charge in [0.1, 0.15) is 0 Å². The molecule has 0 saturated heterocycles. The molecule has 1 aromatic carbocycles. The highest BCUT2D eigenvalue weighted by Gasteiger charge is 2.17. The Kier molecular flexibility index (Phi) is 5.01. The average Bonchev–Trinajstić information content (AvgIpc) is 3.04. The van der Waals surface area contributed by atoms with Crippen LogP contribution in [0.5, 0.6) is 0 Å². The molecule has 0 aliphatic carbocycles. The lowest BCUT2D eigenvalue weighted by atomic mass is 10.00. The summed E-state index contributed by atoms with van der Waals surface area (Å²) in [5.41, 5.74) is 3.06. The molecule has 2 heterocycles. The van der Waals surface area contributed by atoms with Gasteiger partial charge in [0.15, 0.2) is 0 Å². The van der Waals surface area contributed by atoms with E-state index in [0.29, 0.717) is 12.8 Å². The van der Waals surface area contributed by atoms with Gasteiger partial charge in [-0.15, -0.1) is 0 Å². The number of amides is 1. The third-order valence-corrected chi connectivity index (χ3v) is 3.98. The quantitative estimate of drug-likeness (QED) is 0.759. The number of aryl methyl sites for hydroxylation is 2. The normalized spacial score (nSPS) is 11.9. The molecule has 1 N–H and O–H groups in total. The van der Waals surface area contributed by atoms with E-state index in [1.807, 2.05) is 54.1 Å². The number of nitrogens with zero attached hydrogens (tertiary/aromatic N) is 3. The second-order valence-electron chi connectivity index (χ2n) is 5.69. The van der Waals surface area contributed by atoms with Crippen molar-refractivity contribution >= 4 is 5.91 Å². The van der Waals surface area contributed by atoms with Crippen LogP contribution in [0.3, 0.4) is 0 Å². The van der Waals surface area contributed by atoms with E-state index >= 15 is 0 Å². The lowest BCUT2D eigenvalue weighted by Gasteiger charge is -2.19. The lowest BCUT2D eigenvalue weighted by molar-refractivity contribution is -0.121. The van der Waals surface area contributed by atoms with E-state index in [4.69, 9.17) is 0 Å². The van der Waals surface area contributed by atoms with Crippen LogP contribution >= 0.6 is 0 Å². The Morgan fingerprint density at radius 2 is 1.88 bits per heavy atom. The molecule has 0 unspecified atom stereocenters. The van der Waals surface area contributed by atoms with Crippen LogP contribution in [0.4, 0.5) is 0 Å². The van der Waals surface area contributed by atoms with Crippen LogP contribution in [0.2, 0.25) is 0 Å². The molecule has 24 heavy (non-hydrogen) atoms. The van der Waals surface area contributed by atoms with Crippen LogP contribution in [0, 0.1) is 0 Å². The number of hydrogen-bond donors (Lipinski definition) is 1. The summed E-state index contributed by atoms with van der Waals surface area (Å²) in [6.45, 7) is 0.